The number of aryl methyl sites for hydroxylation is 2. The number of hydrogen-bond donors (Lipinski definition) is 2. The molecule has 4 heteroatoms. The molecule has 0 bridgehead atoms. The van der Waals surface area contributed by atoms with E-state index in [4.69, 9.17) is 5.73 Å². The molecule has 0 saturated heterocycles. The van der Waals surface area contributed by atoms with E-state index in [0.29, 0.717) is 12.0 Å². The van der Waals surface area contributed by atoms with Crippen molar-refractivity contribution in [3.8, 4) is 0 Å². The lowest BCUT2D eigenvalue weighted by molar-refractivity contribution is 0.598. The van der Waals surface area contributed by atoms with Gasteiger partial charge in [0, 0.05) is 11.8 Å². The average Bonchev–Trinajstić information content (AvgIpc) is 2.38. The molecule has 1 aliphatic rings. The molecule has 3 rings (SSSR count). The van der Waals surface area contributed by atoms with Crippen molar-refractivity contribution >= 4 is 11.8 Å². The predicted octanol–water partition coefficient (Wildman–Crippen LogP) is 2.86. The molecule has 1 unspecified atom stereocenters. The molecular formula is C15H18N4. The van der Waals surface area contributed by atoms with Gasteiger partial charge in [0.1, 0.15) is 5.82 Å². The quantitative estimate of drug-likeness (QED) is 0.865. The van der Waals surface area contributed by atoms with Crippen molar-refractivity contribution in [1.82, 2.24) is 9.97 Å². The molecule has 1 aromatic carbocycles. The van der Waals surface area contributed by atoms with E-state index in [1.165, 1.54) is 24.0 Å². The lowest BCUT2D eigenvalue weighted by Crippen LogP contribution is -2.18. The number of nitrogens with two attached hydrogens (primary N) is 1. The van der Waals surface area contributed by atoms with Gasteiger partial charge in [-0.15, -0.1) is 0 Å². The molecule has 2 aromatic rings. The zero-order chi connectivity index (χ0) is 13.2. The van der Waals surface area contributed by atoms with Crippen LogP contribution in [-0.4, -0.2) is 9.97 Å². The zero-order valence-corrected chi connectivity index (χ0v) is 11.1. The molecule has 3 N–H and O–H groups in total. The second kappa shape index (κ2) is 4.88. The van der Waals surface area contributed by atoms with Crippen LogP contribution in [0, 0.1) is 6.92 Å². The lowest BCUT2D eigenvalue weighted by atomic mass is 9.88. The van der Waals surface area contributed by atoms with Crippen LogP contribution in [0.1, 0.15) is 35.7 Å². The van der Waals surface area contributed by atoms with Crippen molar-refractivity contribution in [3.63, 3.8) is 0 Å². The fraction of sp³-hybridized carbons (Fsp3) is 0.333. The molecule has 0 saturated carbocycles. The molecule has 0 amide bonds. The van der Waals surface area contributed by atoms with E-state index in [9.17, 15) is 0 Å². The summed E-state index contributed by atoms with van der Waals surface area (Å²) in [6, 6.07) is 10.9. The Bertz CT molecular complexity index is 574. The summed E-state index contributed by atoms with van der Waals surface area (Å²) < 4.78 is 0. The number of nitrogens with one attached hydrogen (secondary N) is 1. The molecule has 0 radical (unpaired) electrons. The SMILES string of the molecule is Cc1cc(NC2CCCc3ccccc32)nc(N)n1. The van der Waals surface area contributed by atoms with Gasteiger partial charge in [-0.05, 0) is 37.3 Å². The number of anilines is 2. The summed E-state index contributed by atoms with van der Waals surface area (Å²) in [5.74, 6) is 1.14. The van der Waals surface area contributed by atoms with E-state index in [1.807, 2.05) is 13.0 Å². The van der Waals surface area contributed by atoms with Gasteiger partial charge in [0.25, 0.3) is 0 Å². The van der Waals surface area contributed by atoms with Gasteiger partial charge in [-0.25, -0.2) is 4.98 Å². The second-order valence-electron chi connectivity index (χ2n) is 5.04. The van der Waals surface area contributed by atoms with Crippen molar-refractivity contribution in [2.45, 2.75) is 32.2 Å². The number of fused-ring (bicyclic) bond motifs is 1. The Morgan fingerprint density at radius 1 is 1.26 bits per heavy atom. The summed E-state index contributed by atoms with van der Waals surface area (Å²) in [5.41, 5.74) is 9.40. The van der Waals surface area contributed by atoms with E-state index >= 15 is 0 Å². The Morgan fingerprint density at radius 3 is 2.95 bits per heavy atom. The van der Waals surface area contributed by atoms with Crippen LogP contribution in [0.3, 0.4) is 0 Å². The highest BCUT2D eigenvalue weighted by molar-refractivity contribution is 5.45. The van der Waals surface area contributed by atoms with Crippen molar-refractivity contribution in [2.24, 2.45) is 0 Å². The number of nitrogens with zero attached hydrogens (tertiary/aromatic N) is 2. The molecule has 4 nitrogen and oxygen atoms in total. The number of benzene rings is 1. The van der Waals surface area contributed by atoms with Crippen LogP contribution in [0.25, 0.3) is 0 Å². The molecular weight excluding hydrogens is 236 g/mol. The predicted molar refractivity (Wildman–Crippen MR) is 76.9 cm³/mol. The summed E-state index contributed by atoms with van der Waals surface area (Å²) in [5, 5.41) is 3.49. The van der Waals surface area contributed by atoms with Crippen LogP contribution in [0.4, 0.5) is 11.8 Å². The standard InChI is InChI=1S/C15H18N4/c1-10-9-14(19-15(16)17-10)18-13-8-4-6-11-5-2-3-7-12(11)13/h2-3,5,7,9,13H,4,6,8H2,1H3,(H3,16,17,18,19). The van der Waals surface area contributed by atoms with E-state index < -0.39 is 0 Å². The van der Waals surface area contributed by atoms with E-state index in [2.05, 4.69) is 39.6 Å². The summed E-state index contributed by atoms with van der Waals surface area (Å²) >= 11 is 0. The van der Waals surface area contributed by atoms with Crippen LogP contribution in [-0.2, 0) is 6.42 Å². The first kappa shape index (κ1) is 12.0. The minimum absolute atomic E-state index is 0.318. The largest absolute Gasteiger partial charge is 0.368 e. The van der Waals surface area contributed by atoms with E-state index in [0.717, 1.165) is 17.9 Å². The molecule has 1 atom stereocenters. The van der Waals surface area contributed by atoms with Gasteiger partial charge in [-0.3, -0.25) is 0 Å². The molecule has 1 heterocycles. The van der Waals surface area contributed by atoms with Crippen molar-refractivity contribution in [3.05, 3.63) is 47.2 Å². The fourth-order valence-electron chi connectivity index (χ4n) is 2.75. The van der Waals surface area contributed by atoms with Crippen LogP contribution >= 0.6 is 0 Å². The fourth-order valence-corrected chi connectivity index (χ4v) is 2.75. The highest BCUT2D eigenvalue weighted by Gasteiger charge is 2.19. The molecule has 0 fully saturated rings. The Morgan fingerprint density at radius 2 is 2.11 bits per heavy atom. The number of aromatic nitrogens is 2. The van der Waals surface area contributed by atoms with Gasteiger partial charge >= 0.3 is 0 Å². The number of nitrogen functional groups attached to an aromatic ring is 1. The zero-order valence-electron chi connectivity index (χ0n) is 11.1. The van der Waals surface area contributed by atoms with E-state index in [1.54, 1.807) is 0 Å². The first-order chi connectivity index (χ1) is 9.22. The maximum absolute atomic E-state index is 5.70. The molecule has 19 heavy (non-hydrogen) atoms. The molecule has 1 aromatic heterocycles. The molecule has 0 aliphatic heterocycles. The topological polar surface area (TPSA) is 63.8 Å². The minimum Gasteiger partial charge on any atom is -0.368 e. The molecule has 1 aliphatic carbocycles. The monoisotopic (exact) mass is 254 g/mol. The minimum atomic E-state index is 0.318. The Kier molecular flexibility index (Phi) is 3.07. The van der Waals surface area contributed by atoms with Crippen LogP contribution in [0.15, 0.2) is 30.3 Å². The summed E-state index contributed by atoms with van der Waals surface area (Å²) in [4.78, 5) is 8.35. The average molecular weight is 254 g/mol. The summed E-state index contributed by atoms with van der Waals surface area (Å²) in [7, 11) is 0. The third-order valence-electron chi connectivity index (χ3n) is 3.56. The smallest absolute Gasteiger partial charge is 0.222 e. The highest BCUT2D eigenvalue weighted by atomic mass is 15.1. The maximum Gasteiger partial charge on any atom is 0.222 e. The van der Waals surface area contributed by atoms with Gasteiger partial charge in [0.05, 0.1) is 6.04 Å². The lowest BCUT2D eigenvalue weighted by Gasteiger charge is -2.26. The van der Waals surface area contributed by atoms with Crippen LogP contribution < -0.4 is 11.1 Å². The summed E-state index contributed by atoms with van der Waals surface area (Å²) in [6.45, 7) is 1.93. The second-order valence-corrected chi connectivity index (χ2v) is 5.04. The van der Waals surface area contributed by atoms with Crippen LogP contribution in [0.2, 0.25) is 0 Å². The molecule has 0 spiro atoms. The highest BCUT2D eigenvalue weighted by Crippen LogP contribution is 2.31. The van der Waals surface area contributed by atoms with Crippen molar-refractivity contribution in [2.75, 3.05) is 11.1 Å². The van der Waals surface area contributed by atoms with Crippen molar-refractivity contribution in [1.29, 1.82) is 0 Å². The number of hydrogen-bond acceptors (Lipinski definition) is 4. The maximum atomic E-state index is 5.70. The summed E-state index contributed by atoms with van der Waals surface area (Å²) in [6.07, 6.45) is 3.49. The first-order valence-electron chi connectivity index (χ1n) is 6.68. The van der Waals surface area contributed by atoms with Crippen LogP contribution in [0.5, 0.6) is 0 Å². The Labute approximate surface area is 113 Å². The van der Waals surface area contributed by atoms with E-state index in [-0.39, 0.29) is 0 Å². The van der Waals surface area contributed by atoms with Gasteiger partial charge in [-0.1, -0.05) is 24.3 Å². The van der Waals surface area contributed by atoms with Crippen molar-refractivity contribution < 1.29 is 0 Å². The Hall–Kier alpha value is -2.10. The number of rotatable bonds is 2. The third-order valence-corrected chi connectivity index (χ3v) is 3.56. The third kappa shape index (κ3) is 2.52. The normalized spacial score (nSPS) is 17.8. The first-order valence-corrected chi connectivity index (χ1v) is 6.68. The van der Waals surface area contributed by atoms with Gasteiger partial charge in [-0.2, -0.15) is 4.98 Å². The van der Waals surface area contributed by atoms with Gasteiger partial charge < -0.3 is 11.1 Å². The van der Waals surface area contributed by atoms with Gasteiger partial charge in [0.2, 0.25) is 5.95 Å². The molecule has 98 valence electrons. The van der Waals surface area contributed by atoms with Gasteiger partial charge in [0.15, 0.2) is 0 Å². The Balaban J connectivity index is 1.88.